The fourth-order valence-corrected chi connectivity index (χ4v) is 8.29. The molecule has 3 aromatic rings. The minimum atomic E-state index is -3.62. The molecule has 4 aliphatic rings. The Morgan fingerprint density at radius 2 is 1.62 bits per heavy atom. The Bertz CT molecular complexity index is 1330. The quantitative estimate of drug-likeness (QED) is 0.478. The van der Waals surface area contributed by atoms with Gasteiger partial charge in [0, 0.05) is 24.6 Å². The second-order valence-electron chi connectivity index (χ2n) is 11.4. The third kappa shape index (κ3) is 4.91. The van der Waals surface area contributed by atoms with Crippen molar-refractivity contribution in [1.29, 1.82) is 0 Å². The monoisotopic (exact) mass is 518 g/mol. The van der Waals surface area contributed by atoms with E-state index in [1.54, 1.807) is 12.5 Å². The molecule has 0 saturated heterocycles. The number of amides is 1. The number of imidazole rings is 1. The van der Waals surface area contributed by atoms with Crippen LogP contribution in [0.4, 0.5) is 5.69 Å². The average molecular weight is 519 g/mol. The van der Waals surface area contributed by atoms with Gasteiger partial charge in [-0.05, 0) is 97.1 Å². The zero-order chi connectivity index (χ0) is 25.6. The summed E-state index contributed by atoms with van der Waals surface area (Å²) in [7, 11) is -3.62. The van der Waals surface area contributed by atoms with Crippen molar-refractivity contribution in [3.05, 3.63) is 78.4 Å². The van der Waals surface area contributed by atoms with Crippen LogP contribution in [0.25, 0.3) is 5.69 Å². The molecule has 1 amide bonds. The highest BCUT2D eigenvalue weighted by Gasteiger charge is 2.51. The Balaban J connectivity index is 1.12. The molecule has 194 valence electrons. The number of carbonyl (C=O) groups is 1. The van der Waals surface area contributed by atoms with Crippen LogP contribution >= 0.6 is 0 Å². The SMILES string of the molecule is CS(=O)(=O)N(CC(=O)NCc1ccc(-n2ccnc2)cc1)c1ccc(C23CC4CC(CC(C4)C2)C3)cc1. The molecule has 1 N–H and O–H groups in total. The Labute approximate surface area is 219 Å². The number of sulfonamides is 1. The van der Waals surface area contributed by atoms with Crippen molar-refractivity contribution in [2.24, 2.45) is 17.8 Å². The average Bonchev–Trinajstić information content (AvgIpc) is 3.40. The topological polar surface area (TPSA) is 84.3 Å². The van der Waals surface area contributed by atoms with Crippen molar-refractivity contribution in [3.63, 3.8) is 0 Å². The zero-order valence-electron chi connectivity index (χ0n) is 21.2. The Hall–Kier alpha value is -3.13. The van der Waals surface area contributed by atoms with Crippen molar-refractivity contribution >= 4 is 21.6 Å². The summed E-state index contributed by atoms with van der Waals surface area (Å²) in [5.74, 6) is 2.21. The number of benzene rings is 2. The normalized spacial score (nSPS) is 26.2. The highest BCUT2D eigenvalue weighted by Crippen LogP contribution is 2.60. The van der Waals surface area contributed by atoms with Crippen LogP contribution in [-0.4, -0.2) is 36.7 Å². The van der Waals surface area contributed by atoms with Crippen LogP contribution in [0.1, 0.15) is 49.7 Å². The fourth-order valence-electron chi connectivity index (χ4n) is 7.43. The molecule has 4 fully saturated rings. The van der Waals surface area contributed by atoms with Gasteiger partial charge in [0.15, 0.2) is 0 Å². The molecule has 0 unspecified atom stereocenters. The fraction of sp³-hybridized carbons (Fsp3) is 0.448. The van der Waals surface area contributed by atoms with Crippen molar-refractivity contribution in [2.45, 2.75) is 50.5 Å². The molecule has 4 aliphatic carbocycles. The molecule has 1 heterocycles. The first-order valence-electron chi connectivity index (χ1n) is 13.2. The van der Waals surface area contributed by atoms with Crippen molar-refractivity contribution in [1.82, 2.24) is 14.9 Å². The molecule has 0 spiro atoms. The van der Waals surface area contributed by atoms with Gasteiger partial charge < -0.3 is 9.88 Å². The standard InChI is InChI=1S/C29H34N4O3S/c1-37(35,36)33(19-28(34)31-18-21-2-6-26(7-3-21)32-11-10-30-20-32)27-8-4-25(5-9-27)29-15-22-12-23(16-29)14-24(13-22)17-29/h2-11,20,22-24H,12-19H2,1H3,(H,31,34). The maximum atomic E-state index is 12.8. The van der Waals surface area contributed by atoms with Crippen LogP contribution in [0.15, 0.2) is 67.3 Å². The molecule has 2 aromatic carbocycles. The molecule has 0 aliphatic heterocycles. The molecule has 0 radical (unpaired) electrons. The largest absolute Gasteiger partial charge is 0.350 e. The van der Waals surface area contributed by atoms with Gasteiger partial charge in [0.05, 0.1) is 18.3 Å². The Morgan fingerprint density at radius 3 is 2.16 bits per heavy atom. The first kappa shape index (κ1) is 24.2. The van der Waals surface area contributed by atoms with Gasteiger partial charge in [-0.25, -0.2) is 13.4 Å². The second kappa shape index (κ2) is 9.31. The lowest BCUT2D eigenvalue weighted by Gasteiger charge is -2.57. The minimum Gasteiger partial charge on any atom is -0.350 e. The van der Waals surface area contributed by atoms with Gasteiger partial charge >= 0.3 is 0 Å². The van der Waals surface area contributed by atoms with Gasteiger partial charge in [-0.3, -0.25) is 9.10 Å². The second-order valence-corrected chi connectivity index (χ2v) is 13.3. The van der Waals surface area contributed by atoms with Crippen LogP contribution in [0, 0.1) is 17.8 Å². The van der Waals surface area contributed by atoms with Crippen LogP contribution in [0.5, 0.6) is 0 Å². The van der Waals surface area contributed by atoms with Crippen LogP contribution in [-0.2, 0) is 26.8 Å². The molecule has 8 heteroatoms. The summed E-state index contributed by atoms with van der Waals surface area (Å²) in [5, 5.41) is 2.86. The number of carbonyl (C=O) groups excluding carboxylic acids is 1. The Kier molecular flexibility index (Phi) is 6.10. The van der Waals surface area contributed by atoms with Gasteiger partial charge in [0.25, 0.3) is 0 Å². The van der Waals surface area contributed by atoms with Crippen molar-refractivity contribution in [3.8, 4) is 5.69 Å². The van der Waals surface area contributed by atoms with Crippen molar-refractivity contribution in [2.75, 3.05) is 17.1 Å². The number of rotatable bonds is 8. The van der Waals surface area contributed by atoms with Gasteiger partial charge in [0.2, 0.25) is 15.9 Å². The van der Waals surface area contributed by atoms with E-state index >= 15 is 0 Å². The van der Waals surface area contributed by atoms with E-state index in [1.165, 1.54) is 48.4 Å². The molecule has 4 saturated carbocycles. The molecule has 37 heavy (non-hydrogen) atoms. The lowest BCUT2D eigenvalue weighted by atomic mass is 9.48. The maximum Gasteiger partial charge on any atom is 0.241 e. The molecular weight excluding hydrogens is 484 g/mol. The van der Waals surface area contributed by atoms with E-state index in [0.717, 1.165) is 35.3 Å². The molecule has 7 rings (SSSR count). The van der Waals surface area contributed by atoms with E-state index in [4.69, 9.17) is 0 Å². The third-order valence-corrected chi connectivity index (χ3v) is 9.86. The highest BCUT2D eigenvalue weighted by atomic mass is 32.2. The summed E-state index contributed by atoms with van der Waals surface area (Å²) in [6, 6.07) is 15.8. The van der Waals surface area contributed by atoms with E-state index in [1.807, 2.05) is 47.2 Å². The molecular formula is C29H34N4O3S. The third-order valence-electron chi connectivity index (χ3n) is 8.72. The van der Waals surface area contributed by atoms with E-state index < -0.39 is 10.0 Å². The van der Waals surface area contributed by atoms with Gasteiger partial charge in [-0.15, -0.1) is 0 Å². The van der Waals surface area contributed by atoms with Gasteiger partial charge in [0.1, 0.15) is 6.54 Å². The minimum absolute atomic E-state index is 0.247. The number of nitrogens with zero attached hydrogens (tertiary/aromatic N) is 3. The van der Waals surface area contributed by atoms with Crippen LogP contribution < -0.4 is 9.62 Å². The first-order valence-corrected chi connectivity index (χ1v) is 15.0. The van der Waals surface area contributed by atoms with E-state index in [-0.39, 0.29) is 17.9 Å². The summed E-state index contributed by atoms with van der Waals surface area (Å²) >= 11 is 0. The van der Waals surface area contributed by atoms with Gasteiger partial charge in [-0.2, -0.15) is 0 Å². The zero-order valence-corrected chi connectivity index (χ0v) is 22.0. The predicted octanol–water partition coefficient (Wildman–Crippen LogP) is 4.42. The lowest BCUT2D eigenvalue weighted by molar-refractivity contribution is -0.119. The van der Waals surface area contributed by atoms with Gasteiger partial charge in [-0.1, -0.05) is 24.3 Å². The molecule has 4 bridgehead atoms. The van der Waals surface area contributed by atoms with Crippen molar-refractivity contribution < 1.29 is 13.2 Å². The number of hydrogen-bond donors (Lipinski definition) is 1. The summed E-state index contributed by atoms with van der Waals surface area (Å²) in [5.41, 5.74) is 4.05. The molecule has 0 atom stereocenters. The maximum absolute atomic E-state index is 12.8. The Morgan fingerprint density at radius 1 is 1.00 bits per heavy atom. The summed E-state index contributed by atoms with van der Waals surface area (Å²) < 4.78 is 28.4. The van der Waals surface area contributed by atoms with Crippen LogP contribution in [0.3, 0.4) is 0 Å². The summed E-state index contributed by atoms with van der Waals surface area (Å²) in [6.45, 7) is 0.0776. The van der Waals surface area contributed by atoms with Crippen LogP contribution in [0.2, 0.25) is 0 Å². The number of hydrogen-bond acceptors (Lipinski definition) is 4. The summed E-state index contributed by atoms with van der Waals surface area (Å²) in [6.07, 6.45) is 14.4. The smallest absolute Gasteiger partial charge is 0.241 e. The first-order chi connectivity index (χ1) is 17.8. The highest BCUT2D eigenvalue weighted by molar-refractivity contribution is 7.92. The summed E-state index contributed by atoms with van der Waals surface area (Å²) in [4.78, 5) is 16.8. The number of anilines is 1. The predicted molar refractivity (Wildman–Crippen MR) is 144 cm³/mol. The van der Waals surface area contributed by atoms with E-state index in [2.05, 4.69) is 22.4 Å². The molecule has 1 aromatic heterocycles. The number of aromatic nitrogens is 2. The number of nitrogens with one attached hydrogen (secondary N) is 1. The van der Waals surface area contributed by atoms with E-state index in [9.17, 15) is 13.2 Å². The van der Waals surface area contributed by atoms with E-state index in [0.29, 0.717) is 12.2 Å². The molecule has 7 nitrogen and oxygen atoms in total. The lowest BCUT2D eigenvalue weighted by Crippen LogP contribution is -2.48.